The van der Waals surface area contributed by atoms with Crippen molar-refractivity contribution in [2.75, 3.05) is 21.3 Å². The first-order valence-corrected chi connectivity index (χ1v) is 10.7. The molecule has 0 spiro atoms. The number of allylic oxidation sites excluding steroid dienone is 4. The molecular weight excluding hydrogens is 388 g/mol. The molecule has 174 valence electrons. The average Bonchev–Trinajstić information content (AvgIpc) is 2.74. The molecule has 0 saturated heterocycles. The van der Waals surface area contributed by atoms with Gasteiger partial charge in [-0.3, -0.25) is 0 Å². The summed E-state index contributed by atoms with van der Waals surface area (Å²) < 4.78 is 16.4. The zero-order chi connectivity index (χ0) is 23.9. The highest BCUT2D eigenvalue weighted by atomic mass is 16.5. The Morgan fingerprint density at radius 1 is 1.00 bits per heavy atom. The van der Waals surface area contributed by atoms with Gasteiger partial charge in [0, 0.05) is 13.5 Å². The highest BCUT2D eigenvalue weighted by Crippen LogP contribution is 2.20. The minimum Gasteiger partial charge on any atom is -0.494 e. The maximum absolute atomic E-state index is 7.00. The Balaban J connectivity index is 0.00000436. The lowest BCUT2D eigenvalue weighted by Gasteiger charge is -2.22. The van der Waals surface area contributed by atoms with Gasteiger partial charge in [-0.15, -0.1) is 0 Å². The van der Waals surface area contributed by atoms with Crippen LogP contribution in [-0.4, -0.2) is 32.0 Å². The SMILES string of the molecule is C=C(CCc1cccc(CCCC(=C/C)/C=C(/OC)C(=C)OC)c1)OC(C)(C)C.CO. The van der Waals surface area contributed by atoms with Crippen molar-refractivity contribution >= 4 is 0 Å². The van der Waals surface area contributed by atoms with Gasteiger partial charge in [0.15, 0.2) is 11.5 Å². The van der Waals surface area contributed by atoms with Crippen molar-refractivity contribution in [2.45, 2.75) is 65.4 Å². The van der Waals surface area contributed by atoms with Crippen LogP contribution in [0.2, 0.25) is 0 Å². The van der Waals surface area contributed by atoms with E-state index in [1.165, 1.54) is 16.7 Å². The standard InChI is InChI=1S/C26H38O3.CH4O/c1-9-22(19-25(28-8)21(3)27-7)12-10-13-23-14-11-15-24(18-23)17-16-20(2)29-26(4,5)6;1-2/h9,11,14-15,18-19H,2-3,10,12-13,16-17H2,1,4-8H3;2H,1H3/b22-9-,25-19+;. The van der Waals surface area contributed by atoms with Crippen LogP contribution in [0.25, 0.3) is 0 Å². The third kappa shape index (κ3) is 12.7. The average molecular weight is 431 g/mol. The number of methoxy groups -OCH3 is 2. The van der Waals surface area contributed by atoms with Crippen molar-refractivity contribution in [3.8, 4) is 0 Å². The first kappa shape index (κ1) is 28.5. The number of aryl methyl sites for hydroxylation is 2. The Kier molecular flexibility index (Phi) is 14.1. The number of aliphatic hydroxyl groups excluding tert-OH is 1. The molecule has 0 aromatic heterocycles. The van der Waals surface area contributed by atoms with E-state index in [0.29, 0.717) is 11.5 Å². The van der Waals surface area contributed by atoms with Crippen molar-refractivity contribution in [3.05, 3.63) is 83.6 Å². The second kappa shape index (κ2) is 15.4. The van der Waals surface area contributed by atoms with E-state index in [2.05, 4.69) is 43.5 Å². The van der Waals surface area contributed by atoms with Gasteiger partial charge >= 0.3 is 0 Å². The predicted octanol–water partition coefficient (Wildman–Crippen LogP) is 6.52. The maximum atomic E-state index is 7.00. The van der Waals surface area contributed by atoms with Crippen molar-refractivity contribution in [1.82, 2.24) is 0 Å². The molecule has 0 aliphatic rings. The molecule has 0 aliphatic carbocycles. The molecule has 0 heterocycles. The van der Waals surface area contributed by atoms with Gasteiger partial charge in [0.05, 0.1) is 20.0 Å². The molecule has 4 heteroatoms. The van der Waals surface area contributed by atoms with E-state index >= 15 is 0 Å². The quantitative estimate of drug-likeness (QED) is 0.303. The third-order valence-corrected chi connectivity index (χ3v) is 4.49. The molecule has 1 rings (SSSR count). The molecule has 31 heavy (non-hydrogen) atoms. The second-order valence-corrected chi connectivity index (χ2v) is 8.13. The van der Waals surface area contributed by atoms with Gasteiger partial charge in [-0.1, -0.05) is 43.5 Å². The van der Waals surface area contributed by atoms with Gasteiger partial charge in [0.1, 0.15) is 5.60 Å². The Bertz CT molecular complexity index is 736. The van der Waals surface area contributed by atoms with Gasteiger partial charge in [-0.05, 0) is 76.2 Å². The normalized spacial score (nSPS) is 11.9. The molecular formula is C27H42O4. The van der Waals surface area contributed by atoms with Crippen LogP contribution in [0.4, 0.5) is 0 Å². The van der Waals surface area contributed by atoms with Gasteiger partial charge < -0.3 is 19.3 Å². The molecule has 4 nitrogen and oxygen atoms in total. The molecule has 0 unspecified atom stereocenters. The summed E-state index contributed by atoms with van der Waals surface area (Å²) in [6.45, 7) is 16.1. The molecule has 0 fully saturated rings. The van der Waals surface area contributed by atoms with E-state index in [1.807, 2.05) is 33.8 Å². The molecule has 0 aliphatic heterocycles. The maximum Gasteiger partial charge on any atom is 0.160 e. The molecule has 0 amide bonds. The van der Waals surface area contributed by atoms with Crippen LogP contribution in [0.1, 0.15) is 58.1 Å². The largest absolute Gasteiger partial charge is 0.494 e. The zero-order valence-corrected chi connectivity index (χ0v) is 20.6. The van der Waals surface area contributed by atoms with Crippen LogP contribution in [-0.2, 0) is 27.1 Å². The number of rotatable bonds is 12. The Labute approximate surface area is 189 Å². The van der Waals surface area contributed by atoms with Crippen LogP contribution < -0.4 is 0 Å². The summed E-state index contributed by atoms with van der Waals surface area (Å²) in [5, 5.41) is 7.00. The third-order valence-electron chi connectivity index (χ3n) is 4.49. The number of hydrogen-bond acceptors (Lipinski definition) is 4. The second-order valence-electron chi connectivity index (χ2n) is 8.13. The van der Waals surface area contributed by atoms with E-state index in [9.17, 15) is 0 Å². The minimum atomic E-state index is -0.184. The van der Waals surface area contributed by atoms with E-state index in [-0.39, 0.29) is 5.60 Å². The van der Waals surface area contributed by atoms with Gasteiger partial charge in [-0.2, -0.15) is 0 Å². The summed E-state index contributed by atoms with van der Waals surface area (Å²) in [6.07, 6.45) is 8.98. The molecule has 0 bridgehead atoms. The highest BCUT2D eigenvalue weighted by Gasteiger charge is 2.12. The lowest BCUT2D eigenvalue weighted by Crippen LogP contribution is -2.18. The van der Waals surface area contributed by atoms with E-state index in [1.54, 1.807) is 14.2 Å². The van der Waals surface area contributed by atoms with Crippen molar-refractivity contribution < 1.29 is 19.3 Å². The molecule has 0 radical (unpaired) electrons. The number of benzene rings is 1. The predicted molar refractivity (Wildman–Crippen MR) is 131 cm³/mol. The molecule has 1 N–H and O–H groups in total. The Morgan fingerprint density at radius 3 is 2.13 bits per heavy atom. The molecule has 1 aromatic carbocycles. The van der Waals surface area contributed by atoms with Gasteiger partial charge in [0.2, 0.25) is 0 Å². The lowest BCUT2D eigenvalue weighted by molar-refractivity contribution is 0.0480. The smallest absolute Gasteiger partial charge is 0.160 e. The molecule has 1 aromatic rings. The lowest BCUT2D eigenvalue weighted by atomic mass is 10.00. The Morgan fingerprint density at radius 2 is 1.61 bits per heavy atom. The summed E-state index contributed by atoms with van der Waals surface area (Å²) >= 11 is 0. The first-order valence-electron chi connectivity index (χ1n) is 10.7. The fraction of sp³-hybridized carbons (Fsp3) is 0.481. The van der Waals surface area contributed by atoms with Crippen molar-refractivity contribution in [3.63, 3.8) is 0 Å². The van der Waals surface area contributed by atoms with Crippen LogP contribution in [0.5, 0.6) is 0 Å². The molecule has 0 saturated carbocycles. The van der Waals surface area contributed by atoms with Crippen LogP contribution in [0.3, 0.4) is 0 Å². The fourth-order valence-corrected chi connectivity index (χ4v) is 3.03. The van der Waals surface area contributed by atoms with E-state index < -0.39 is 0 Å². The van der Waals surface area contributed by atoms with Crippen LogP contribution >= 0.6 is 0 Å². The van der Waals surface area contributed by atoms with Crippen LogP contribution in [0, 0.1) is 0 Å². The highest BCUT2D eigenvalue weighted by molar-refractivity contribution is 5.29. The van der Waals surface area contributed by atoms with Crippen molar-refractivity contribution in [1.29, 1.82) is 0 Å². The van der Waals surface area contributed by atoms with Gasteiger partial charge in [-0.25, -0.2) is 0 Å². The Hall–Kier alpha value is -2.46. The summed E-state index contributed by atoms with van der Waals surface area (Å²) in [5.74, 6) is 2.05. The topological polar surface area (TPSA) is 47.9 Å². The van der Waals surface area contributed by atoms with E-state index in [4.69, 9.17) is 19.3 Å². The minimum absolute atomic E-state index is 0.184. The zero-order valence-electron chi connectivity index (χ0n) is 20.6. The van der Waals surface area contributed by atoms with Crippen molar-refractivity contribution in [2.24, 2.45) is 0 Å². The first-order chi connectivity index (χ1) is 14.7. The number of hydrogen-bond donors (Lipinski definition) is 1. The summed E-state index contributed by atoms with van der Waals surface area (Å²) in [7, 11) is 4.23. The number of aliphatic hydroxyl groups is 1. The van der Waals surface area contributed by atoms with E-state index in [0.717, 1.165) is 45.0 Å². The monoisotopic (exact) mass is 430 g/mol. The summed E-state index contributed by atoms with van der Waals surface area (Å²) in [5.41, 5.74) is 3.71. The molecule has 0 atom stereocenters. The number of ether oxygens (including phenoxy) is 3. The summed E-state index contributed by atoms with van der Waals surface area (Å²) in [6, 6.07) is 8.81. The van der Waals surface area contributed by atoms with Crippen LogP contribution in [0.15, 0.2) is 72.4 Å². The summed E-state index contributed by atoms with van der Waals surface area (Å²) in [4.78, 5) is 0. The van der Waals surface area contributed by atoms with Gasteiger partial charge in [0.25, 0.3) is 0 Å². The fourth-order valence-electron chi connectivity index (χ4n) is 3.03.